The first kappa shape index (κ1) is 88.1. The van der Waals surface area contributed by atoms with Crippen molar-refractivity contribution in [1.82, 2.24) is 0 Å². The summed E-state index contributed by atoms with van der Waals surface area (Å²) in [6.45, 7) is 14.0. The Hall–Kier alpha value is -1.94. The van der Waals surface area contributed by atoms with E-state index >= 15 is 0 Å². The van der Waals surface area contributed by atoms with E-state index in [2.05, 4.69) is 55.4 Å². The van der Waals surface area contributed by atoms with Crippen LogP contribution >= 0.6 is 15.6 Å². The highest BCUT2D eigenvalue weighted by molar-refractivity contribution is 7.47. The molecule has 0 aromatic heterocycles. The fourth-order valence-electron chi connectivity index (χ4n) is 10.7. The normalized spacial score (nSPS) is 14.3. The molecule has 0 rings (SSSR count). The number of esters is 4. The van der Waals surface area contributed by atoms with E-state index < -0.39 is 97.5 Å². The summed E-state index contributed by atoms with van der Waals surface area (Å²) < 4.78 is 68.2. The van der Waals surface area contributed by atoms with Crippen LogP contribution in [0, 0.1) is 23.7 Å². The van der Waals surface area contributed by atoms with Crippen LogP contribution in [0.3, 0.4) is 0 Å². The quantitative estimate of drug-likeness (QED) is 0.0222. The minimum Gasteiger partial charge on any atom is -0.462 e. The van der Waals surface area contributed by atoms with E-state index in [-0.39, 0.29) is 25.7 Å². The molecular weight excluding hydrogens is 1190 g/mol. The van der Waals surface area contributed by atoms with Gasteiger partial charge in [-0.3, -0.25) is 37.3 Å². The number of phosphoric ester groups is 2. The van der Waals surface area contributed by atoms with Crippen LogP contribution in [0.15, 0.2) is 0 Å². The van der Waals surface area contributed by atoms with Crippen LogP contribution in [0.4, 0.5) is 0 Å². The molecule has 0 aromatic rings. The SMILES string of the molecule is CC(C)CCCCCCCCCCCCCCCCCC(=O)OC[C@H](COP(=O)(O)OC[C@@H](O)COP(=O)(O)OC[C@@H](COC(=O)CCCCCCCCC(C)C)OC(=O)CCCCCCCCCCC(C)C)OC(=O)CCCCCCCCCCCC(C)C. The van der Waals surface area contributed by atoms with Gasteiger partial charge in [0.1, 0.15) is 19.3 Å². The van der Waals surface area contributed by atoms with Crippen molar-refractivity contribution in [3.63, 3.8) is 0 Å². The predicted octanol–water partition coefficient (Wildman–Crippen LogP) is 20.1. The Morgan fingerprint density at radius 2 is 0.467 bits per heavy atom. The van der Waals surface area contributed by atoms with E-state index in [0.29, 0.717) is 31.6 Å². The van der Waals surface area contributed by atoms with Crippen molar-refractivity contribution < 1.29 is 80.2 Å². The molecule has 3 N–H and O–H groups in total. The number of unbranched alkanes of at least 4 members (excludes halogenated alkanes) is 34. The highest BCUT2D eigenvalue weighted by Gasteiger charge is 2.30. The zero-order chi connectivity index (χ0) is 66.8. The topological polar surface area (TPSA) is 237 Å². The van der Waals surface area contributed by atoms with Crippen molar-refractivity contribution >= 4 is 39.5 Å². The molecule has 0 radical (unpaired) electrons. The summed E-state index contributed by atoms with van der Waals surface area (Å²) in [7, 11) is -9.90. The second-order valence-corrected chi connectivity index (χ2v) is 30.4. The zero-order valence-electron chi connectivity index (χ0n) is 58.8. The Kier molecular flexibility index (Phi) is 59.4. The smallest absolute Gasteiger partial charge is 0.462 e. The van der Waals surface area contributed by atoms with E-state index in [1.54, 1.807) is 0 Å². The number of rotatable bonds is 68. The molecule has 0 bridgehead atoms. The van der Waals surface area contributed by atoms with Crippen molar-refractivity contribution in [3.8, 4) is 0 Å². The molecular formula is C71H138O17P2. The molecule has 534 valence electrons. The van der Waals surface area contributed by atoms with Crippen LogP contribution in [0.1, 0.15) is 351 Å². The maximum absolute atomic E-state index is 13.0. The first-order valence-corrected chi connectivity index (χ1v) is 39.7. The second kappa shape index (κ2) is 60.7. The summed E-state index contributed by atoms with van der Waals surface area (Å²) >= 11 is 0. The summed E-state index contributed by atoms with van der Waals surface area (Å²) in [5.74, 6) is 0.809. The third-order valence-electron chi connectivity index (χ3n) is 16.3. The van der Waals surface area contributed by atoms with Gasteiger partial charge in [-0.25, -0.2) is 9.13 Å². The lowest BCUT2D eigenvalue weighted by atomic mass is 10.0. The van der Waals surface area contributed by atoms with E-state index in [9.17, 15) is 43.2 Å². The fraction of sp³-hybridized carbons (Fsp3) is 0.944. The molecule has 90 heavy (non-hydrogen) atoms. The lowest BCUT2D eigenvalue weighted by Crippen LogP contribution is -2.30. The van der Waals surface area contributed by atoms with Gasteiger partial charge in [0.05, 0.1) is 26.4 Å². The lowest BCUT2D eigenvalue weighted by molar-refractivity contribution is -0.161. The number of hydrogen-bond donors (Lipinski definition) is 3. The number of aliphatic hydroxyl groups excluding tert-OH is 1. The molecule has 19 heteroatoms. The molecule has 5 atom stereocenters. The molecule has 0 aliphatic carbocycles. The molecule has 0 fully saturated rings. The maximum atomic E-state index is 13.0. The first-order chi connectivity index (χ1) is 43.1. The third-order valence-corrected chi connectivity index (χ3v) is 18.2. The Balaban J connectivity index is 5.20. The van der Waals surface area contributed by atoms with Crippen LogP contribution < -0.4 is 0 Å². The number of phosphoric acid groups is 2. The third kappa shape index (κ3) is 64.8. The minimum absolute atomic E-state index is 0.103. The zero-order valence-corrected chi connectivity index (χ0v) is 60.6. The van der Waals surface area contributed by atoms with Gasteiger partial charge >= 0.3 is 39.5 Å². The van der Waals surface area contributed by atoms with Crippen molar-refractivity contribution in [2.24, 2.45) is 23.7 Å². The fourth-order valence-corrected chi connectivity index (χ4v) is 12.2. The Morgan fingerprint density at radius 3 is 0.689 bits per heavy atom. The number of ether oxygens (including phenoxy) is 4. The van der Waals surface area contributed by atoms with Gasteiger partial charge < -0.3 is 33.8 Å². The Labute approximate surface area is 549 Å². The maximum Gasteiger partial charge on any atom is 0.472 e. The van der Waals surface area contributed by atoms with Crippen LogP contribution in [-0.4, -0.2) is 96.7 Å². The molecule has 0 aliphatic rings. The predicted molar refractivity (Wildman–Crippen MR) is 363 cm³/mol. The second-order valence-electron chi connectivity index (χ2n) is 27.5. The minimum atomic E-state index is -4.95. The summed E-state index contributed by atoms with van der Waals surface area (Å²) in [5.41, 5.74) is 0. The van der Waals surface area contributed by atoms with E-state index in [1.165, 1.54) is 148 Å². The van der Waals surface area contributed by atoms with Gasteiger partial charge in [0.2, 0.25) is 0 Å². The van der Waals surface area contributed by atoms with E-state index in [1.807, 2.05) is 0 Å². The van der Waals surface area contributed by atoms with Crippen LogP contribution in [0.2, 0.25) is 0 Å². The average Bonchev–Trinajstić information content (AvgIpc) is 2.66. The van der Waals surface area contributed by atoms with Crippen molar-refractivity contribution in [3.05, 3.63) is 0 Å². The molecule has 2 unspecified atom stereocenters. The van der Waals surface area contributed by atoms with Crippen molar-refractivity contribution in [1.29, 1.82) is 0 Å². The van der Waals surface area contributed by atoms with E-state index in [4.69, 9.17) is 37.0 Å². The Morgan fingerprint density at radius 1 is 0.278 bits per heavy atom. The number of carbonyl (C=O) groups is 4. The molecule has 0 amide bonds. The number of hydrogen-bond acceptors (Lipinski definition) is 15. The summed E-state index contributed by atoms with van der Waals surface area (Å²) in [4.78, 5) is 72.5. The van der Waals surface area contributed by atoms with Crippen LogP contribution in [-0.2, 0) is 65.4 Å². The molecule has 17 nitrogen and oxygen atoms in total. The molecule has 0 aliphatic heterocycles. The van der Waals surface area contributed by atoms with Crippen LogP contribution in [0.25, 0.3) is 0 Å². The molecule has 0 spiro atoms. The van der Waals surface area contributed by atoms with Crippen LogP contribution in [0.5, 0.6) is 0 Å². The molecule has 0 aromatic carbocycles. The molecule has 0 saturated carbocycles. The van der Waals surface area contributed by atoms with Gasteiger partial charge in [-0.05, 0) is 49.4 Å². The van der Waals surface area contributed by atoms with Gasteiger partial charge in [0.25, 0.3) is 0 Å². The number of aliphatic hydroxyl groups is 1. The summed E-state index contributed by atoms with van der Waals surface area (Å²) in [5, 5.41) is 10.6. The largest absolute Gasteiger partial charge is 0.472 e. The highest BCUT2D eigenvalue weighted by Crippen LogP contribution is 2.45. The van der Waals surface area contributed by atoms with Gasteiger partial charge in [0, 0.05) is 25.7 Å². The first-order valence-electron chi connectivity index (χ1n) is 36.7. The van der Waals surface area contributed by atoms with Crippen molar-refractivity contribution in [2.75, 3.05) is 39.6 Å². The molecule has 0 heterocycles. The van der Waals surface area contributed by atoms with Gasteiger partial charge in [0.15, 0.2) is 12.2 Å². The Bertz CT molecular complexity index is 1780. The van der Waals surface area contributed by atoms with Crippen molar-refractivity contribution in [2.45, 2.75) is 369 Å². The monoisotopic (exact) mass is 1320 g/mol. The highest BCUT2D eigenvalue weighted by atomic mass is 31.2. The lowest BCUT2D eigenvalue weighted by Gasteiger charge is -2.21. The standard InChI is InChI=1S/C71H138O17P2/c1-61(2)47-39-31-23-17-14-12-10-9-11-13-15-19-26-35-43-51-68(73)81-57-66(87-70(75)53-45-37-27-20-16-18-24-32-40-48-62(3)4)59-85-89(77,78)83-55-65(72)56-84-90(79,80)86-60-67(58-82-69(74)52-44-36-30-29-34-42-50-64(7)8)88-71(76)54-46-38-28-22-21-25-33-41-49-63(5)6/h61-67,72H,9-60H2,1-8H3,(H,77,78)(H,79,80)/t65-,66-,67-/m1/s1. The summed E-state index contributed by atoms with van der Waals surface area (Å²) in [6.07, 6.45) is 43.3. The van der Waals surface area contributed by atoms with E-state index in [0.717, 1.165) is 114 Å². The molecule has 0 saturated heterocycles. The van der Waals surface area contributed by atoms with Gasteiger partial charge in [-0.1, -0.05) is 299 Å². The summed E-state index contributed by atoms with van der Waals surface area (Å²) in [6, 6.07) is 0. The van der Waals surface area contributed by atoms with Gasteiger partial charge in [-0.15, -0.1) is 0 Å². The average molecular weight is 1330 g/mol. The van der Waals surface area contributed by atoms with Gasteiger partial charge in [-0.2, -0.15) is 0 Å². The number of carbonyl (C=O) groups excluding carboxylic acids is 4.